The fourth-order valence-electron chi connectivity index (χ4n) is 2.28. The molecule has 3 rings (SSSR count). The Morgan fingerprint density at radius 2 is 2.08 bits per heavy atom. The number of carbonyl (C=O) groups is 1. The van der Waals surface area contributed by atoms with Crippen LogP contribution in [0, 0.1) is 0 Å². The molecule has 3 N–H and O–H groups in total. The Morgan fingerprint density at radius 1 is 1.27 bits per heavy atom. The predicted molar refractivity (Wildman–Crippen MR) is 98.4 cm³/mol. The number of phenols is 1. The van der Waals surface area contributed by atoms with Gasteiger partial charge in [-0.2, -0.15) is 10.2 Å². The molecule has 1 amide bonds. The normalized spacial score (nSPS) is 10.8. The van der Waals surface area contributed by atoms with Crippen molar-refractivity contribution in [2.75, 3.05) is 6.61 Å². The van der Waals surface area contributed by atoms with Crippen LogP contribution in [0.25, 0.3) is 11.3 Å². The van der Waals surface area contributed by atoms with Gasteiger partial charge in [-0.3, -0.25) is 9.89 Å². The third kappa shape index (κ3) is 4.27. The lowest BCUT2D eigenvalue weighted by atomic mass is 10.1. The van der Waals surface area contributed by atoms with E-state index in [1.807, 2.05) is 31.2 Å². The van der Waals surface area contributed by atoms with Crippen LogP contribution in [0.2, 0.25) is 0 Å². The fraction of sp³-hybridized carbons (Fsp3) is 0.105. The summed E-state index contributed by atoms with van der Waals surface area (Å²) in [4.78, 5) is 12.1. The van der Waals surface area contributed by atoms with Gasteiger partial charge in [-0.25, -0.2) is 5.43 Å². The summed E-state index contributed by atoms with van der Waals surface area (Å²) in [6, 6.07) is 15.6. The zero-order valence-electron chi connectivity index (χ0n) is 14.1. The average molecular weight is 350 g/mol. The summed E-state index contributed by atoms with van der Waals surface area (Å²) in [6.07, 6.45) is 1.49. The average Bonchev–Trinajstić information content (AvgIpc) is 3.14. The number of hydrogen-bond donors (Lipinski definition) is 3. The lowest BCUT2D eigenvalue weighted by Crippen LogP contribution is -2.17. The molecule has 3 aromatic rings. The minimum atomic E-state index is -0.403. The number of rotatable bonds is 6. The molecule has 0 saturated heterocycles. The zero-order chi connectivity index (χ0) is 18.4. The maximum absolute atomic E-state index is 12.1. The van der Waals surface area contributed by atoms with Crippen LogP contribution in [0.4, 0.5) is 0 Å². The van der Waals surface area contributed by atoms with Crippen LogP contribution < -0.4 is 10.2 Å². The highest BCUT2D eigenvalue weighted by atomic mass is 16.5. The molecule has 0 spiro atoms. The number of hydrogen-bond acceptors (Lipinski definition) is 5. The maximum atomic E-state index is 12.1. The third-order valence-corrected chi connectivity index (χ3v) is 3.54. The molecule has 1 aromatic heterocycles. The second kappa shape index (κ2) is 7.98. The van der Waals surface area contributed by atoms with Crippen molar-refractivity contribution in [3.63, 3.8) is 0 Å². The van der Waals surface area contributed by atoms with Crippen LogP contribution in [0.1, 0.15) is 23.0 Å². The van der Waals surface area contributed by atoms with Gasteiger partial charge in [-0.05, 0) is 55.0 Å². The van der Waals surface area contributed by atoms with Gasteiger partial charge in [0.05, 0.1) is 18.5 Å². The molecule has 0 aliphatic rings. The summed E-state index contributed by atoms with van der Waals surface area (Å²) >= 11 is 0. The highest BCUT2D eigenvalue weighted by Gasteiger charge is 2.11. The van der Waals surface area contributed by atoms with Crippen molar-refractivity contribution < 1.29 is 14.6 Å². The molecule has 0 bridgehead atoms. The Kier molecular flexibility index (Phi) is 5.28. The monoisotopic (exact) mass is 350 g/mol. The number of phenolic OH excluding ortho intramolecular Hbond substituents is 1. The quantitative estimate of drug-likeness (QED) is 0.470. The van der Waals surface area contributed by atoms with Crippen molar-refractivity contribution in [3.8, 4) is 22.8 Å². The van der Waals surface area contributed by atoms with E-state index < -0.39 is 5.91 Å². The molecular weight excluding hydrogens is 332 g/mol. The topological polar surface area (TPSA) is 99.6 Å². The van der Waals surface area contributed by atoms with Gasteiger partial charge < -0.3 is 9.84 Å². The van der Waals surface area contributed by atoms with Crippen molar-refractivity contribution in [2.45, 2.75) is 6.92 Å². The largest absolute Gasteiger partial charge is 0.508 e. The molecule has 1 heterocycles. The summed E-state index contributed by atoms with van der Waals surface area (Å²) < 4.78 is 5.47. The molecule has 132 valence electrons. The molecule has 0 fully saturated rings. The van der Waals surface area contributed by atoms with Gasteiger partial charge in [-0.15, -0.1) is 0 Å². The van der Waals surface area contributed by atoms with E-state index in [9.17, 15) is 9.90 Å². The van der Waals surface area contributed by atoms with E-state index in [4.69, 9.17) is 4.74 Å². The number of aromatic amines is 1. The van der Waals surface area contributed by atoms with E-state index in [-0.39, 0.29) is 5.75 Å². The molecule has 0 aliphatic heterocycles. The van der Waals surface area contributed by atoms with E-state index in [1.165, 1.54) is 6.21 Å². The summed E-state index contributed by atoms with van der Waals surface area (Å²) in [5.41, 5.74) is 4.96. The van der Waals surface area contributed by atoms with Gasteiger partial charge in [-0.1, -0.05) is 12.1 Å². The van der Waals surface area contributed by atoms with Crippen LogP contribution >= 0.6 is 0 Å². The van der Waals surface area contributed by atoms with Crippen molar-refractivity contribution in [3.05, 3.63) is 65.9 Å². The van der Waals surface area contributed by atoms with Crippen molar-refractivity contribution in [1.82, 2.24) is 15.6 Å². The molecule has 0 unspecified atom stereocenters. The molecule has 0 atom stereocenters. The van der Waals surface area contributed by atoms with Crippen molar-refractivity contribution >= 4 is 12.1 Å². The van der Waals surface area contributed by atoms with E-state index >= 15 is 0 Å². The van der Waals surface area contributed by atoms with Crippen LogP contribution in [0.5, 0.6) is 11.5 Å². The SMILES string of the molecule is CCOc1cccc(-c2cc(C(=O)N/N=C\c3ccc(O)cc3)[nH]n2)c1. The highest BCUT2D eigenvalue weighted by molar-refractivity contribution is 5.94. The third-order valence-electron chi connectivity index (χ3n) is 3.54. The van der Waals surface area contributed by atoms with Crippen LogP contribution in [0.15, 0.2) is 59.7 Å². The number of benzene rings is 2. The van der Waals surface area contributed by atoms with Gasteiger partial charge in [0.25, 0.3) is 5.91 Å². The summed E-state index contributed by atoms with van der Waals surface area (Å²) in [7, 11) is 0. The number of hydrazone groups is 1. The first-order valence-corrected chi connectivity index (χ1v) is 8.07. The lowest BCUT2D eigenvalue weighted by Gasteiger charge is -2.03. The van der Waals surface area contributed by atoms with Gasteiger partial charge in [0.2, 0.25) is 0 Å². The molecule has 7 nitrogen and oxygen atoms in total. The molecule has 2 aromatic carbocycles. The first kappa shape index (κ1) is 17.2. The Hall–Kier alpha value is -3.61. The number of nitrogens with zero attached hydrogens (tertiary/aromatic N) is 2. The van der Waals surface area contributed by atoms with Crippen LogP contribution in [0.3, 0.4) is 0 Å². The number of ether oxygens (including phenoxy) is 1. The summed E-state index contributed by atoms with van der Waals surface area (Å²) in [6.45, 7) is 2.50. The number of aromatic nitrogens is 2. The molecule has 0 aliphatic carbocycles. The summed E-state index contributed by atoms with van der Waals surface area (Å²) in [5.74, 6) is 0.516. The van der Waals surface area contributed by atoms with Crippen molar-refractivity contribution in [1.29, 1.82) is 0 Å². The smallest absolute Gasteiger partial charge is 0.289 e. The minimum Gasteiger partial charge on any atom is -0.508 e. The molecular formula is C19H18N4O3. The zero-order valence-corrected chi connectivity index (χ0v) is 14.1. The van der Waals surface area contributed by atoms with Crippen LogP contribution in [-0.4, -0.2) is 34.0 Å². The van der Waals surface area contributed by atoms with E-state index in [1.54, 1.807) is 30.3 Å². The van der Waals surface area contributed by atoms with Gasteiger partial charge in [0.1, 0.15) is 17.2 Å². The Balaban J connectivity index is 1.66. The highest BCUT2D eigenvalue weighted by Crippen LogP contribution is 2.22. The first-order valence-electron chi connectivity index (χ1n) is 8.07. The van der Waals surface area contributed by atoms with Crippen molar-refractivity contribution in [2.24, 2.45) is 5.10 Å². The second-order valence-electron chi connectivity index (χ2n) is 5.42. The van der Waals surface area contributed by atoms with E-state index in [0.717, 1.165) is 16.9 Å². The molecule has 0 radical (unpaired) electrons. The second-order valence-corrected chi connectivity index (χ2v) is 5.42. The van der Waals surface area contributed by atoms with E-state index in [2.05, 4.69) is 20.7 Å². The minimum absolute atomic E-state index is 0.171. The lowest BCUT2D eigenvalue weighted by molar-refractivity contribution is 0.0950. The van der Waals surface area contributed by atoms with E-state index in [0.29, 0.717) is 18.0 Å². The number of nitrogens with one attached hydrogen (secondary N) is 2. The molecule has 0 saturated carbocycles. The molecule has 7 heteroatoms. The number of carbonyl (C=O) groups excluding carboxylic acids is 1. The Bertz CT molecular complexity index is 917. The van der Waals surface area contributed by atoms with Gasteiger partial charge >= 0.3 is 0 Å². The standard InChI is InChI=1S/C19H18N4O3/c1-2-26-16-5-3-4-14(10-16)17-11-18(22-21-17)19(25)23-20-12-13-6-8-15(24)9-7-13/h3-12,24H,2H2,1H3,(H,21,22)(H,23,25)/b20-12-. The Morgan fingerprint density at radius 3 is 2.85 bits per heavy atom. The molecule has 26 heavy (non-hydrogen) atoms. The predicted octanol–water partition coefficient (Wildman–Crippen LogP) is 2.94. The van der Waals surface area contributed by atoms with Gasteiger partial charge in [0, 0.05) is 5.56 Å². The number of amides is 1. The van der Waals surface area contributed by atoms with Crippen LogP contribution in [-0.2, 0) is 0 Å². The Labute approximate surface area is 150 Å². The summed E-state index contributed by atoms with van der Waals surface area (Å²) in [5, 5.41) is 20.0. The fourth-order valence-corrected chi connectivity index (χ4v) is 2.28. The first-order chi connectivity index (χ1) is 12.7. The van der Waals surface area contributed by atoms with Gasteiger partial charge in [0.15, 0.2) is 0 Å². The number of aromatic hydroxyl groups is 1. The number of H-pyrrole nitrogens is 1. The maximum Gasteiger partial charge on any atom is 0.289 e.